The summed E-state index contributed by atoms with van der Waals surface area (Å²) in [4.78, 5) is 0. The van der Waals surface area contributed by atoms with Crippen LogP contribution in [-0.2, 0) is 6.42 Å². The summed E-state index contributed by atoms with van der Waals surface area (Å²) in [6.07, 6.45) is 9.54. The second-order valence-electron chi connectivity index (χ2n) is 5.42. The lowest BCUT2D eigenvalue weighted by Gasteiger charge is -2.25. The summed E-state index contributed by atoms with van der Waals surface area (Å²) in [5, 5.41) is 2.77. The van der Waals surface area contributed by atoms with E-state index in [1.165, 1.54) is 57.6 Å². The van der Waals surface area contributed by atoms with Gasteiger partial charge in [0, 0.05) is 4.47 Å². The van der Waals surface area contributed by atoms with Crippen LogP contribution in [0, 0.1) is 0 Å². The van der Waals surface area contributed by atoms with E-state index in [9.17, 15) is 0 Å². The minimum absolute atomic E-state index is 1.17. The summed E-state index contributed by atoms with van der Waals surface area (Å²) < 4.78 is 1.17. The maximum Gasteiger partial charge on any atom is 0.0181 e. The molecule has 0 radical (unpaired) electrons. The smallest absolute Gasteiger partial charge is 0.0181 e. The molecule has 19 heavy (non-hydrogen) atoms. The van der Waals surface area contributed by atoms with Gasteiger partial charge in [0.2, 0.25) is 0 Å². The van der Waals surface area contributed by atoms with Gasteiger partial charge >= 0.3 is 0 Å². The maximum atomic E-state index is 3.60. The Morgan fingerprint density at radius 1 is 0.947 bits per heavy atom. The third kappa shape index (κ3) is 1.80. The van der Waals surface area contributed by atoms with Crippen LogP contribution in [0.3, 0.4) is 0 Å². The fourth-order valence-electron chi connectivity index (χ4n) is 3.40. The zero-order valence-electron chi connectivity index (χ0n) is 10.7. The summed E-state index contributed by atoms with van der Waals surface area (Å²) in [6, 6.07) is 11.2. The van der Waals surface area contributed by atoms with E-state index in [2.05, 4.69) is 58.4 Å². The van der Waals surface area contributed by atoms with Crippen molar-refractivity contribution in [3.8, 4) is 0 Å². The van der Waals surface area contributed by atoms with Crippen molar-refractivity contribution in [2.45, 2.75) is 25.7 Å². The molecule has 0 saturated heterocycles. The van der Waals surface area contributed by atoms with Crippen molar-refractivity contribution < 1.29 is 0 Å². The molecule has 2 aliphatic rings. The average Bonchev–Trinajstić information content (AvgIpc) is 2.46. The molecule has 94 valence electrons. The van der Waals surface area contributed by atoms with E-state index >= 15 is 0 Å². The first-order chi connectivity index (χ1) is 9.33. The third-order valence-corrected chi connectivity index (χ3v) is 4.83. The first-order valence-electron chi connectivity index (χ1n) is 6.93. The highest BCUT2D eigenvalue weighted by Crippen LogP contribution is 2.40. The summed E-state index contributed by atoms with van der Waals surface area (Å²) in [5.74, 6) is 0. The molecule has 0 nitrogen and oxygen atoms in total. The van der Waals surface area contributed by atoms with E-state index in [4.69, 9.17) is 0 Å². The number of hydrogen-bond acceptors (Lipinski definition) is 0. The molecule has 0 aliphatic heterocycles. The van der Waals surface area contributed by atoms with Crippen LogP contribution in [0.15, 0.2) is 52.5 Å². The number of rotatable bonds is 0. The Labute approximate surface area is 122 Å². The number of benzene rings is 2. The second kappa shape index (κ2) is 4.35. The monoisotopic (exact) mass is 310 g/mol. The fourth-order valence-corrected chi connectivity index (χ4v) is 3.76. The van der Waals surface area contributed by atoms with Crippen LogP contribution in [0.4, 0.5) is 0 Å². The fraction of sp³-hybridized carbons (Fsp3) is 0.222. The molecule has 0 aromatic heterocycles. The maximum absolute atomic E-state index is 3.60. The number of halogens is 1. The molecule has 0 atom stereocenters. The minimum atomic E-state index is 1.17. The molecular weight excluding hydrogens is 296 g/mol. The van der Waals surface area contributed by atoms with Crippen molar-refractivity contribution in [2.75, 3.05) is 0 Å². The van der Waals surface area contributed by atoms with Gasteiger partial charge in [0.15, 0.2) is 0 Å². The molecule has 1 heteroatoms. The Kier molecular flexibility index (Phi) is 2.63. The number of hydrogen-bond donors (Lipinski definition) is 0. The minimum Gasteiger partial charge on any atom is -0.0836 e. The van der Waals surface area contributed by atoms with Gasteiger partial charge in [-0.25, -0.2) is 0 Å². The highest BCUT2D eigenvalue weighted by molar-refractivity contribution is 9.10. The molecule has 0 bridgehead atoms. The van der Waals surface area contributed by atoms with Crippen LogP contribution in [0.25, 0.3) is 16.3 Å². The normalized spacial score (nSPS) is 17.5. The largest absolute Gasteiger partial charge is 0.0836 e. The van der Waals surface area contributed by atoms with Crippen LogP contribution in [0.2, 0.25) is 0 Å². The molecule has 2 aliphatic carbocycles. The van der Waals surface area contributed by atoms with E-state index in [0.29, 0.717) is 0 Å². The molecule has 0 unspecified atom stereocenters. The first kappa shape index (κ1) is 11.5. The molecule has 0 N–H and O–H groups in total. The Bertz CT molecular complexity index is 735. The molecule has 2 aromatic carbocycles. The summed E-state index contributed by atoms with van der Waals surface area (Å²) in [7, 11) is 0. The van der Waals surface area contributed by atoms with Crippen molar-refractivity contribution in [3.63, 3.8) is 0 Å². The van der Waals surface area contributed by atoms with Gasteiger partial charge in [-0.1, -0.05) is 51.9 Å². The van der Waals surface area contributed by atoms with Crippen molar-refractivity contribution in [1.29, 1.82) is 0 Å². The predicted molar refractivity (Wildman–Crippen MR) is 85.3 cm³/mol. The lowest BCUT2D eigenvalue weighted by atomic mass is 9.80. The molecular formula is C18H15Br. The van der Waals surface area contributed by atoms with Gasteiger partial charge in [-0.15, -0.1) is 0 Å². The van der Waals surface area contributed by atoms with Gasteiger partial charge in [0.05, 0.1) is 0 Å². The Balaban J connectivity index is 2.02. The summed E-state index contributed by atoms with van der Waals surface area (Å²) >= 11 is 3.60. The highest BCUT2D eigenvalue weighted by Gasteiger charge is 2.20. The molecule has 0 saturated carbocycles. The molecule has 0 spiro atoms. The van der Waals surface area contributed by atoms with Gasteiger partial charge in [-0.05, 0) is 65.3 Å². The zero-order chi connectivity index (χ0) is 12.8. The number of aryl methyl sites for hydroxylation is 1. The summed E-state index contributed by atoms with van der Waals surface area (Å²) in [5.41, 5.74) is 6.14. The molecule has 0 amide bonds. The lowest BCUT2D eigenvalue weighted by Crippen LogP contribution is -2.06. The Morgan fingerprint density at radius 2 is 1.84 bits per heavy atom. The van der Waals surface area contributed by atoms with Crippen LogP contribution >= 0.6 is 15.9 Å². The zero-order valence-corrected chi connectivity index (χ0v) is 12.3. The molecule has 0 heterocycles. The van der Waals surface area contributed by atoms with Gasteiger partial charge in [0.1, 0.15) is 0 Å². The van der Waals surface area contributed by atoms with E-state index in [1.807, 2.05) is 0 Å². The SMILES string of the molecule is Brc1ccc2ccc3c(c2c1)CCC1=C3C=CCC1. The van der Waals surface area contributed by atoms with E-state index in [0.717, 1.165) is 0 Å². The average molecular weight is 311 g/mol. The standard InChI is InChI=1S/C18H15Br/c19-14-8-5-13-7-9-16-15-4-2-1-3-12(15)6-10-17(16)18(13)11-14/h2,4-5,7-9,11H,1,3,6,10H2. The van der Waals surface area contributed by atoms with Crippen LogP contribution in [0.1, 0.15) is 30.4 Å². The molecule has 0 fully saturated rings. The van der Waals surface area contributed by atoms with Crippen molar-refractivity contribution in [2.24, 2.45) is 0 Å². The quantitative estimate of drug-likeness (QED) is 0.589. The highest BCUT2D eigenvalue weighted by atomic mass is 79.9. The van der Waals surface area contributed by atoms with Gasteiger partial charge in [-0.3, -0.25) is 0 Å². The topological polar surface area (TPSA) is 0 Å². The molecule has 2 aromatic rings. The van der Waals surface area contributed by atoms with Gasteiger partial charge < -0.3 is 0 Å². The lowest BCUT2D eigenvalue weighted by molar-refractivity contribution is 0.831. The molecule has 4 rings (SSSR count). The summed E-state index contributed by atoms with van der Waals surface area (Å²) in [6.45, 7) is 0. The first-order valence-corrected chi connectivity index (χ1v) is 7.72. The Morgan fingerprint density at radius 3 is 2.79 bits per heavy atom. The van der Waals surface area contributed by atoms with Crippen molar-refractivity contribution in [1.82, 2.24) is 0 Å². The van der Waals surface area contributed by atoms with Crippen LogP contribution < -0.4 is 0 Å². The van der Waals surface area contributed by atoms with Crippen LogP contribution in [0.5, 0.6) is 0 Å². The number of fused-ring (bicyclic) bond motifs is 4. The Hall–Kier alpha value is -1.34. The number of allylic oxidation sites excluding steroid dienone is 4. The van der Waals surface area contributed by atoms with Crippen molar-refractivity contribution >= 4 is 32.3 Å². The van der Waals surface area contributed by atoms with Crippen molar-refractivity contribution in [3.05, 3.63) is 63.7 Å². The van der Waals surface area contributed by atoms with E-state index in [-0.39, 0.29) is 0 Å². The van der Waals surface area contributed by atoms with Crippen LogP contribution in [-0.4, -0.2) is 0 Å². The van der Waals surface area contributed by atoms with E-state index < -0.39 is 0 Å². The second-order valence-corrected chi connectivity index (χ2v) is 6.33. The third-order valence-electron chi connectivity index (χ3n) is 4.34. The van der Waals surface area contributed by atoms with E-state index in [1.54, 1.807) is 5.57 Å². The predicted octanol–water partition coefficient (Wildman–Crippen LogP) is 5.65. The van der Waals surface area contributed by atoms with Gasteiger partial charge in [-0.2, -0.15) is 0 Å². The van der Waals surface area contributed by atoms with Gasteiger partial charge in [0.25, 0.3) is 0 Å².